The summed E-state index contributed by atoms with van der Waals surface area (Å²) < 4.78 is 0. The lowest BCUT2D eigenvalue weighted by molar-refractivity contribution is -0.118. The number of hydrogen-bond acceptors (Lipinski definition) is 3. The Labute approximate surface area is 127 Å². The quantitative estimate of drug-likeness (QED) is 0.826. The zero-order chi connectivity index (χ0) is 14.2. The molecule has 2 aromatic rings. The van der Waals surface area contributed by atoms with Crippen LogP contribution < -0.4 is 5.32 Å². The zero-order valence-electron chi connectivity index (χ0n) is 10.9. The van der Waals surface area contributed by atoms with Gasteiger partial charge in [-0.3, -0.25) is 4.79 Å². The molecule has 0 unspecified atom stereocenters. The molecule has 0 radical (unpaired) electrons. The average molecular weight is 310 g/mol. The van der Waals surface area contributed by atoms with Gasteiger partial charge in [0.1, 0.15) is 5.82 Å². The molecule has 1 aromatic carbocycles. The number of aromatic nitrogens is 2. The van der Waals surface area contributed by atoms with Crippen LogP contribution >= 0.6 is 23.4 Å². The van der Waals surface area contributed by atoms with E-state index in [9.17, 15) is 4.79 Å². The molecule has 1 amide bonds. The second-order valence-electron chi connectivity index (χ2n) is 4.26. The van der Waals surface area contributed by atoms with E-state index in [1.54, 1.807) is 24.2 Å². The van der Waals surface area contributed by atoms with Gasteiger partial charge in [-0.05, 0) is 17.7 Å². The Bertz CT molecular complexity index is 545. The fourth-order valence-electron chi connectivity index (χ4n) is 1.69. The predicted molar refractivity (Wildman–Crippen MR) is 82.9 cm³/mol. The summed E-state index contributed by atoms with van der Waals surface area (Å²) in [5, 5.41) is 3.60. The number of benzene rings is 1. The van der Waals surface area contributed by atoms with Crippen LogP contribution in [0.15, 0.2) is 36.7 Å². The Kier molecular flexibility index (Phi) is 5.95. The smallest absolute Gasteiger partial charge is 0.230 e. The first kappa shape index (κ1) is 14.9. The highest BCUT2D eigenvalue weighted by molar-refractivity contribution is 7.99. The van der Waals surface area contributed by atoms with Crippen LogP contribution in [0.3, 0.4) is 0 Å². The molecule has 2 N–H and O–H groups in total. The number of aromatic amines is 1. The number of hydrogen-bond donors (Lipinski definition) is 2. The van der Waals surface area contributed by atoms with Crippen molar-refractivity contribution >= 4 is 29.3 Å². The van der Waals surface area contributed by atoms with Crippen LogP contribution in [0, 0.1) is 0 Å². The van der Waals surface area contributed by atoms with E-state index >= 15 is 0 Å². The standard InChI is InChI=1S/C14H16ClN3OS/c15-12-3-1-2-11(8-12)9-20-10-14(19)18-5-4-13-16-6-7-17-13/h1-3,6-8H,4-5,9-10H2,(H,16,17)(H,18,19). The van der Waals surface area contributed by atoms with Crippen molar-refractivity contribution in [3.05, 3.63) is 53.1 Å². The van der Waals surface area contributed by atoms with Crippen molar-refractivity contribution in [2.45, 2.75) is 12.2 Å². The first-order valence-corrected chi connectivity index (χ1v) is 7.84. The number of carbonyl (C=O) groups excluding carboxylic acids is 1. The second kappa shape index (κ2) is 7.97. The first-order chi connectivity index (χ1) is 9.74. The maximum atomic E-state index is 11.6. The summed E-state index contributed by atoms with van der Waals surface area (Å²) in [6, 6.07) is 7.69. The molecular formula is C14H16ClN3OS. The molecule has 106 valence electrons. The van der Waals surface area contributed by atoms with Gasteiger partial charge < -0.3 is 10.3 Å². The van der Waals surface area contributed by atoms with Crippen molar-refractivity contribution in [1.82, 2.24) is 15.3 Å². The Morgan fingerprint density at radius 2 is 2.35 bits per heavy atom. The minimum atomic E-state index is 0.0450. The molecule has 1 heterocycles. The number of rotatable bonds is 7. The molecule has 1 aromatic heterocycles. The highest BCUT2D eigenvalue weighted by Gasteiger charge is 2.03. The number of imidazole rings is 1. The summed E-state index contributed by atoms with van der Waals surface area (Å²) in [5.41, 5.74) is 1.13. The molecule has 0 atom stereocenters. The van der Waals surface area contributed by atoms with Crippen molar-refractivity contribution in [3.63, 3.8) is 0 Å². The molecule has 0 fully saturated rings. The highest BCUT2D eigenvalue weighted by atomic mass is 35.5. The molecule has 0 bridgehead atoms. The van der Waals surface area contributed by atoms with Crippen LogP contribution in [0.2, 0.25) is 5.02 Å². The SMILES string of the molecule is O=C(CSCc1cccc(Cl)c1)NCCc1ncc[nH]1. The lowest BCUT2D eigenvalue weighted by Gasteiger charge is -2.04. The van der Waals surface area contributed by atoms with E-state index in [0.29, 0.717) is 12.3 Å². The van der Waals surface area contributed by atoms with Gasteiger partial charge in [0.2, 0.25) is 5.91 Å². The molecule has 0 saturated heterocycles. The second-order valence-corrected chi connectivity index (χ2v) is 5.68. The number of carbonyl (C=O) groups is 1. The summed E-state index contributed by atoms with van der Waals surface area (Å²) in [5.74, 6) is 2.16. The average Bonchev–Trinajstić information content (AvgIpc) is 2.92. The molecule has 0 aliphatic carbocycles. The molecule has 0 aliphatic rings. The van der Waals surface area contributed by atoms with Crippen LogP contribution in [-0.4, -0.2) is 28.2 Å². The number of halogens is 1. The summed E-state index contributed by atoms with van der Waals surface area (Å²) >= 11 is 7.48. The minimum absolute atomic E-state index is 0.0450. The van der Waals surface area contributed by atoms with Gasteiger partial charge in [0.25, 0.3) is 0 Å². The molecule has 4 nitrogen and oxygen atoms in total. The fraction of sp³-hybridized carbons (Fsp3) is 0.286. The van der Waals surface area contributed by atoms with Gasteiger partial charge in [0.15, 0.2) is 0 Å². The third-order valence-corrected chi connectivity index (χ3v) is 3.87. The summed E-state index contributed by atoms with van der Waals surface area (Å²) in [6.07, 6.45) is 4.20. The van der Waals surface area contributed by atoms with Crippen molar-refractivity contribution in [2.75, 3.05) is 12.3 Å². The summed E-state index contributed by atoms with van der Waals surface area (Å²) in [6.45, 7) is 0.601. The fourth-order valence-corrected chi connectivity index (χ4v) is 2.71. The van der Waals surface area contributed by atoms with Crippen LogP contribution in [0.1, 0.15) is 11.4 Å². The Morgan fingerprint density at radius 3 is 3.10 bits per heavy atom. The van der Waals surface area contributed by atoms with Gasteiger partial charge in [-0.15, -0.1) is 11.8 Å². The van der Waals surface area contributed by atoms with Gasteiger partial charge in [-0.1, -0.05) is 23.7 Å². The van der Waals surface area contributed by atoms with Gasteiger partial charge in [-0.2, -0.15) is 0 Å². The van der Waals surface area contributed by atoms with Crippen molar-refractivity contribution in [1.29, 1.82) is 0 Å². The van der Waals surface area contributed by atoms with Gasteiger partial charge >= 0.3 is 0 Å². The minimum Gasteiger partial charge on any atom is -0.355 e. The maximum Gasteiger partial charge on any atom is 0.230 e. The van der Waals surface area contributed by atoms with Crippen LogP contribution in [-0.2, 0) is 17.0 Å². The first-order valence-electron chi connectivity index (χ1n) is 6.31. The Hall–Kier alpha value is -1.46. The Balaban J connectivity index is 1.60. The highest BCUT2D eigenvalue weighted by Crippen LogP contribution is 2.16. The van der Waals surface area contributed by atoms with E-state index in [1.165, 1.54) is 0 Å². The summed E-state index contributed by atoms with van der Waals surface area (Å²) in [7, 11) is 0. The monoisotopic (exact) mass is 309 g/mol. The summed E-state index contributed by atoms with van der Waals surface area (Å²) in [4.78, 5) is 18.7. The topological polar surface area (TPSA) is 57.8 Å². The lowest BCUT2D eigenvalue weighted by atomic mass is 10.2. The van der Waals surface area contributed by atoms with Crippen molar-refractivity contribution in [3.8, 4) is 0 Å². The van der Waals surface area contributed by atoms with Crippen LogP contribution in [0.4, 0.5) is 0 Å². The van der Waals surface area contributed by atoms with Gasteiger partial charge in [0.05, 0.1) is 5.75 Å². The lowest BCUT2D eigenvalue weighted by Crippen LogP contribution is -2.27. The Morgan fingerprint density at radius 1 is 1.45 bits per heavy atom. The molecular weight excluding hydrogens is 294 g/mol. The molecule has 0 aliphatic heterocycles. The maximum absolute atomic E-state index is 11.6. The van der Waals surface area contributed by atoms with Crippen LogP contribution in [0.25, 0.3) is 0 Å². The van der Waals surface area contributed by atoms with Gasteiger partial charge in [0, 0.05) is 36.1 Å². The largest absolute Gasteiger partial charge is 0.355 e. The number of thioether (sulfide) groups is 1. The van der Waals surface area contributed by atoms with E-state index in [1.807, 2.05) is 24.3 Å². The third-order valence-electron chi connectivity index (χ3n) is 2.63. The van der Waals surface area contributed by atoms with E-state index in [0.717, 1.165) is 28.6 Å². The number of nitrogens with one attached hydrogen (secondary N) is 2. The number of nitrogens with zero attached hydrogens (tertiary/aromatic N) is 1. The van der Waals surface area contributed by atoms with E-state index < -0.39 is 0 Å². The number of H-pyrrole nitrogens is 1. The van der Waals surface area contributed by atoms with E-state index in [-0.39, 0.29) is 5.91 Å². The van der Waals surface area contributed by atoms with Crippen molar-refractivity contribution < 1.29 is 4.79 Å². The van der Waals surface area contributed by atoms with E-state index in [2.05, 4.69) is 15.3 Å². The van der Waals surface area contributed by atoms with Crippen LogP contribution in [0.5, 0.6) is 0 Å². The third kappa shape index (κ3) is 5.27. The van der Waals surface area contributed by atoms with E-state index in [4.69, 9.17) is 11.6 Å². The normalized spacial score (nSPS) is 10.4. The van der Waals surface area contributed by atoms with Gasteiger partial charge in [-0.25, -0.2) is 4.98 Å². The van der Waals surface area contributed by atoms with Crippen molar-refractivity contribution in [2.24, 2.45) is 0 Å². The molecule has 0 spiro atoms. The molecule has 20 heavy (non-hydrogen) atoms. The molecule has 0 saturated carbocycles. The molecule has 2 rings (SSSR count). The number of amides is 1. The predicted octanol–water partition coefficient (Wildman–Crippen LogP) is 2.66. The zero-order valence-corrected chi connectivity index (χ0v) is 12.5. The molecule has 6 heteroatoms.